The molecule has 1 atom stereocenters. The summed E-state index contributed by atoms with van der Waals surface area (Å²) in [5.41, 5.74) is 0.880. The molecule has 0 amide bonds. The highest BCUT2D eigenvalue weighted by Gasteiger charge is 2.27. The lowest BCUT2D eigenvalue weighted by molar-refractivity contribution is 0.600. The van der Waals surface area contributed by atoms with Gasteiger partial charge in [-0.3, -0.25) is 4.40 Å². The minimum Gasteiger partial charge on any atom is -0.350 e. The highest BCUT2D eigenvalue weighted by atomic mass is 79.9. The zero-order valence-corrected chi connectivity index (χ0v) is 12.7. The molecule has 5 nitrogen and oxygen atoms in total. The molecule has 0 saturated carbocycles. The molecule has 1 aliphatic heterocycles. The lowest BCUT2D eigenvalue weighted by Crippen LogP contribution is -2.30. The number of anilines is 1. The van der Waals surface area contributed by atoms with Crippen LogP contribution in [-0.2, 0) is 0 Å². The monoisotopic (exact) mass is 323 g/mol. The van der Waals surface area contributed by atoms with Gasteiger partial charge in [-0.05, 0) is 32.6 Å². The van der Waals surface area contributed by atoms with E-state index in [0.717, 1.165) is 29.2 Å². The molecule has 6 heteroatoms. The average Bonchev–Trinajstić information content (AvgIpc) is 3.03. The largest absolute Gasteiger partial charge is 0.350 e. The van der Waals surface area contributed by atoms with Crippen LogP contribution < -0.4 is 4.90 Å². The van der Waals surface area contributed by atoms with Gasteiger partial charge in [0.25, 0.3) is 0 Å². The Kier molecular flexibility index (Phi) is 3.68. The quantitative estimate of drug-likeness (QED) is 0.811. The summed E-state index contributed by atoms with van der Waals surface area (Å²) >= 11 is 3.52. The second-order valence-electron chi connectivity index (χ2n) is 5.01. The third-order valence-corrected chi connectivity index (χ3v) is 4.36. The van der Waals surface area contributed by atoms with Crippen LogP contribution in [0, 0.1) is 6.92 Å². The van der Waals surface area contributed by atoms with Crippen molar-refractivity contribution in [3.05, 3.63) is 18.2 Å². The number of alkyl halides is 1. The van der Waals surface area contributed by atoms with Crippen molar-refractivity contribution < 1.29 is 0 Å². The van der Waals surface area contributed by atoms with Crippen molar-refractivity contribution in [3.63, 3.8) is 0 Å². The molecule has 1 fully saturated rings. The number of rotatable bonds is 4. The standard InChI is InChI=1S/C13H18BrN5/c1-10-16-17-13-12(15-7-9-18(10)13)19-8-3-5-11(19)4-2-6-14/h7,9,11H,2-6,8H2,1H3. The first-order chi connectivity index (χ1) is 9.31. The van der Waals surface area contributed by atoms with Crippen LogP contribution in [0.1, 0.15) is 31.5 Å². The van der Waals surface area contributed by atoms with Crippen LogP contribution in [0.15, 0.2) is 12.4 Å². The number of fused-ring (bicyclic) bond motifs is 1. The summed E-state index contributed by atoms with van der Waals surface area (Å²) in [6, 6.07) is 0.591. The first-order valence-electron chi connectivity index (χ1n) is 6.80. The van der Waals surface area contributed by atoms with Crippen molar-refractivity contribution in [2.75, 3.05) is 16.8 Å². The number of hydrogen-bond donors (Lipinski definition) is 0. The van der Waals surface area contributed by atoms with Gasteiger partial charge >= 0.3 is 0 Å². The van der Waals surface area contributed by atoms with E-state index in [-0.39, 0.29) is 0 Å². The zero-order chi connectivity index (χ0) is 13.2. The lowest BCUT2D eigenvalue weighted by atomic mass is 10.1. The van der Waals surface area contributed by atoms with Gasteiger partial charge in [0.2, 0.25) is 5.65 Å². The summed E-state index contributed by atoms with van der Waals surface area (Å²) in [6.07, 6.45) is 8.68. The van der Waals surface area contributed by atoms with Crippen molar-refractivity contribution in [2.45, 2.75) is 38.6 Å². The van der Waals surface area contributed by atoms with Gasteiger partial charge in [0.15, 0.2) is 5.82 Å². The molecule has 102 valence electrons. The van der Waals surface area contributed by atoms with E-state index in [0.29, 0.717) is 6.04 Å². The summed E-state index contributed by atoms with van der Waals surface area (Å²) in [6.45, 7) is 3.04. The van der Waals surface area contributed by atoms with E-state index in [4.69, 9.17) is 0 Å². The van der Waals surface area contributed by atoms with Crippen LogP contribution in [0.4, 0.5) is 5.82 Å². The summed E-state index contributed by atoms with van der Waals surface area (Å²) in [5.74, 6) is 1.90. The van der Waals surface area contributed by atoms with E-state index in [1.54, 1.807) is 0 Å². The Morgan fingerprint density at radius 2 is 2.32 bits per heavy atom. The maximum atomic E-state index is 4.55. The third-order valence-electron chi connectivity index (χ3n) is 3.80. The van der Waals surface area contributed by atoms with E-state index < -0.39 is 0 Å². The fraction of sp³-hybridized carbons (Fsp3) is 0.615. The molecular formula is C13H18BrN5. The molecule has 2 aromatic rings. The van der Waals surface area contributed by atoms with E-state index in [9.17, 15) is 0 Å². The molecule has 0 spiro atoms. The SMILES string of the molecule is Cc1nnc2c(N3CCCC3CCCBr)nccn12. The molecule has 0 aromatic carbocycles. The van der Waals surface area contributed by atoms with Crippen LogP contribution in [0.3, 0.4) is 0 Å². The highest BCUT2D eigenvalue weighted by Crippen LogP contribution is 2.29. The van der Waals surface area contributed by atoms with Crippen molar-refractivity contribution in [1.82, 2.24) is 19.6 Å². The molecule has 3 rings (SSSR count). The summed E-state index contributed by atoms with van der Waals surface area (Å²) in [5, 5.41) is 9.50. The predicted molar refractivity (Wildman–Crippen MR) is 78.9 cm³/mol. The lowest BCUT2D eigenvalue weighted by Gasteiger charge is -2.25. The van der Waals surface area contributed by atoms with Crippen LogP contribution in [0.2, 0.25) is 0 Å². The smallest absolute Gasteiger partial charge is 0.203 e. The third kappa shape index (κ3) is 2.33. The molecule has 0 N–H and O–H groups in total. The zero-order valence-electron chi connectivity index (χ0n) is 11.1. The molecule has 0 aliphatic carbocycles. The molecule has 0 radical (unpaired) electrons. The number of aromatic nitrogens is 4. The molecule has 3 heterocycles. The second kappa shape index (κ2) is 5.45. The molecule has 19 heavy (non-hydrogen) atoms. The minimum absolute atomic E-state index is 0.591. The van der Waals surface area contributed by atoms with E-state index >= 15 is 0 Å². The Morgan fingerprint density at radius 3 is 3.16 bits per heavy atom. The number of halogens is 1. The average molecular weight is 324 g/mol. The van der Waals surface area contributed by atoms with Gasteiger partial charge in [-0.25, -0.2) is 4.98 Å². The Hall–Kier alpha value is -1.17. The minimum atomic E-state index is 0.591. The summed E-state index contributed by atoms with van der Waals surface area (Å²) < 4.78 is 2.02. The van der Waals surface area contributed by atoms with Gasteiger partial charge in [-0.1, -0.05) is 15.9 Å². The van der Waals surface area contributed by atoms with Crippen molar-refractivity contribution >= 4 is 27.4 Å². The molecule has 1 aliphatic rings. The van der Waals surface area contributed by atoms with Crippen molar-refractivity contribution in [2.24, 2.45) is 0 Å². The normalized spacial score (nSPS) is 19.5. The first kappa shape index (κ1) is 12.8. The summed E-state index contributed by atoms with van der Waals surface area (Å²) in [7, 11) is 0. The van der Waals surface area contributed by atoms with Gasteiger partial charge in [0, 0.05) is 30.3 Å². The summed E-state index contributed by atoms with van der Waals surface area (Å²) in [4.78, 5) is 6.96. The van der Waals surface area contributed by atoms with Gasteiger partial charge < -0.3 is 4.90 Å². The Balaban J connectivity index is 1.94. The van der Waals surface area contributed by atoms with Crippen LogP contribution in [0.25, 0.3) is 5.65 Å². The molecule has 0 bridgehead atoms. The van der Waals surface area contributed by atoms with E-state index in [2.05, 4.69) is 36.0 Å². The fourth-order valence-electron chi connectivity index (χ4n) is 2.86. The van der Waals surface area contributed by atoms with Gasteiger partial charge in [-0.2, -0.15) is 0 Å². The molecule has 1 saturated heterocycles. The number of aryl methyl sites for hydroxylation is 1. The van der Waals surface area contributed by atoms with Gasteiger partial charge in [0.1, 0.15) is 5.82 Å². The second-order valence-corrected chi connectivity index (χ2v) is 5.81. The topological polar surface area (TPSA) is 46.3 Å². The van der Waals surface area contributed by atoms with Gasteiger partial charge in [-0.15, -0.1) is 10.2 Å². The Morgan fingerprint density at radius 1 is 1.42 bits per heavy atom. The highest BCUT2D eigenvalue weighted by molar-refractivity contribution is 9.09. The molecule has 2 aromatic heterocycles. The first-order valence-corrected chi connectivity index (χ1v) is 7.92. The Labute approximate surface area is 121 Å². The van der Waals surface area contributed by atoms with E-state index in [1.165, 1.54) is 25.7 Å². The molecule has 1 unspecified atom stereocenters. The molecular weight excluding hydrogens is 306 g/mol. The van der Waals surface area contributed by atoms with Gasteiger partial charge in [0.05, 0.1) is 0 Å². The number of hydrogen-bond acceptors (Lipinski definition) is 4. The van der Waals surface area contributed by atoms with E-state index in [1.807, 2.05) is 23.7 Å². The van der Waals surface area contributed by atoms with Crippen LogP contribution >= 0.6 is 15.9 Å². The number of nitrogens with zero attached hydrogens (tertiary/aromatic N) is 5. The predicted octanol–water partition coefficient (Wildman–Crippen LogP) is 2.58. The Bertz CT molecular complexity index is 567. The van der Waals surface area contributed by atoms with Crippen molar-refractivity contribution in [3.8, 4) is 0 Å². The maximum absolute atomic E-state index is 4.55. The van der Waals surface area contributed by atoms with Crippen LogP contribution in [-0.4, -0.2) is 37.5 Å². The van der Waals surface area contributed by atoms with Crippen LogP contribution in [0.5, 0.6) is 0 Å². The maximum Gasteiger partial charge on any atom is 0.203 e. The van der Waals surface area contributed by atoms with Crippen molar-refractivity contribution in [1.29, 1.82) is 0 Å². The fourth-order valence-corrected chi connectivity index (χ4v) is 3.18.